The summed E-state index contributed by atoms with van der Waals surface area (Å²) in [6.45, 7) is 8.83. The van der Waals surface area contributed by atoms with Crippen molar-refractivity contribution in [3.05, 3.63) is 99.4 Å². The Kier molecular flexibility index (Phi) is 11.9. The number of rotatable bonds is 13. The molecule has 4 saturated heterocycles. The Bertz CT molecular complexity index is 3440. The molecule has 380 valence electrons. The van der Waals surface area contributed by atoms with Crippen molar-refractivity contribution in [3.8, 4) is 16.2 Å². The number of carbonyl (C=O) groups excluding carboxylic acids is 3. The number of piperidine rings is 4. The average molecular weight is 1050 g/mol. The van der Waals surface area contributed by atoms with Crippen molar-refractivity contribution in [3.63, 3.8) is 0 Å². The maximum absolute atomic E-state index is 14.8. The minimum atomic E-state index is -3.88. The van der Waals surface area contributed by atoms with Crippen molar-refractivity contribution in [2.75, 3.05) is 34.8 Å². The predicted molar refractivity (Wildman–Crippen MR) is 276 cm³/mol. The smallest absolute Gasteiger partial charge is 0.349 e. The molecule has 6 aromatic rings. The van der Waals surface area contributed by atoms with Gasteiger partial charge in [-0.3, -0.25) is 24.6 Å². The summed E-state index contributed by atoms with van der Waals surface area (Å²) in [6, 6.07) is 21.7. The first-order valence-electron chi connectivity index (χ1n) is 24.4. The zero-order valence-electron chi connectivity index (χ0n) is 40.4. The van der Waals surface area contributed by atoms with Gasteiger partial charge in [0.15, 0.2) is 22.8 Å². The van der Waals surface area contributed by atoms with Gasteiger partial charge in [0.25, 0.3) is 11.9 Å². The second-order valence-corrected chi connectivity index (χ2v) is 24.3. The number of carbonyl (C=O) groups is 5. The van der Waals surface area contributed by atoms with Crippen molar-refractivity contribution in [1.29, 1.82) is 0 Å². The largest absolute Gasteiger partial charge is 0.479 e. The molecule has 1 saturated carbocycles. The average Bonchev–Trinajstić information content (AvgIpc) is 4.00. The van der Waals surface area contributed by atoms with Crippen molar-refractivity contribution >= 4 is 102 Å². The number of halogens is 1. The molecule has 17 nitrogen and oxygen atoms in total. The Morgan fingerprint density at radius 2 is 1.75 bits per heavy atom. The van der Waals surface area contributed by atoms with Crippen LogP contribution in [0.2, 0.25) is 5.02 Å². The summed E-state index contributed by atoms with van der Waals surface area (Å²) < 4.78 is 42.9. The topological polar surface area (TPSA) is 229 Å². The molecule has 5 fully saturated rings. The highest BCUT2D eigenvalue weighted by atomic mass is 35.5. The van der Waals surface area contributed by atoms with Crippen LogP contribution in [0.3, 0.4) is 0 Å². The van der Waals surface area contributed by atoms with E-state index >= 15 is 0 Å². The van der Waals surface area contributed by atoms with Crippen molar-refractivity contribution in [1.82, 2.24) is 14.6 Å². The molecule has 7 heterocycles. The number of sulfonamides is 1. The van der Waals surface area contributed by atoms with E-state index in [9.17, 15) is 37.5 Å². The van der Waals surface area contributed by atoms with Crippen LogP contribution < -0.4 is 25.2 Å². The van der Waals surface area contributed by atoms with Gasteiger partial charge in [0.05, 0.1) is 16.3 Å². The summed E-state index contributed by atoms with van der Waals surface area (Å²) >= 11 is 7.52. The van der Waals surface area contributed by atoms with Gasteiger partial charge in [-0.05, 0) is 122 Å². The van der Waals surface area contributed by atoms with Gasteiger partial charge < -0.3 is 29.6 Å². The number of aliphatic carboxylic acids is 1. The molecule has 1 aliphatic carbocycles. The van der Waals surface area contributed by atoms with E-state index in [4.69, 9.17) is 30.8 Å². The fourth-order valence-electron chi connectivity index (χ4n) is 12.4. The number of aromatic carboxylic acids is 1. The monoisotopic (exact) mass is 1050 g/mol. The number of aromatic nitrogens is 1. The van der Waals surface area contributed by atoms with Gasteiger partial charge in [-0.2, -0.15) is 9.29 Å². The molecule has 4 unspecified atom stereocenters. The van der Waals surface area contributed by atoms with E-state index in [2.05, 4.69) is 35.4 Å². The standard InChI is InChI=1S/C53H53ClN6O11S2/c1-52(2)24-34-35(55-30-8-5-7-29(22-30)46-44(54)45(70-25-42(62)63)47(72-46)50(66)67)23-40(52)60(53(34,3)4)73(68,69)26-27-11-15-39-36(21-27)56-51(71-39)58-19-17-28(18-20-58)31-12-13-37-43-32(31)9-6-10-33(43)49(65)59(37)38-14-16-41(61)57-48(38)64/h5-13,15,21-22,28,34-35,38,40,55H,14,16-20,23-26H2,1-4H3,(H,62,63)(H,66,67)(H,57,61,64). The first-order chi connectivity index (χ1) is 34.7. The van der Waals surface area contributed by atoms with E-state index < -0.39 is 46.1 Å². The Labute approximate surface area is 429 Å². The number of hydrogen-bond donors (Lipinski definition) is 4. The van der Waals surface area contributed by atoms with Gasteiger partial charge in [-0.15, -0.1) is 11.3 Å². The van der Waals surface area contributed by atoms with Gasteiger partial charge in [0.1, 0.15) is 16.6 Å². The van der Waals surface area contributed by atoms with Crippen LogP contribution in [0, 0.1) is 11.3 Å². The Balaban J connectivity index is 0.773. The fourth-order valence-corrected chi connectivity index (χ4v) is 16.2. The lowest BCUT2D eigenvalue weighted by Crippen LogP contribution is -2.73. The summed E-state index contributed by atoms with van der Waals surface area (Å²) in [5.41, 5.74) is 4.37. The SMILES string of the molecule is CC1(C)CC2C(Nc3cccc(-c4sc(C(=O)O)c(OCC(=O)O)c4Cl)c3)CC1N(S(=O)(=O)Cc1ccc3oc(N4CCC(c5ccc6c7c(cccc57)C(=O)N6C5CCC(=O)NC5=O)CC4)nc3c1)C2(C)C. The molecule has 5 aliphatic heterocycles. The normalized spacial score (nSPS) is 22.8. The summed E-state index contributed by atoms with van der Waals surface area (Å²) in [5.74, 6) is -3.89. The second-order valence-electron chi connectivity index (χ2n) is 21.1. The van der Waals surface area contributed by atoms with Gasteiger partial charge in [0.2, 0.25) is 21.8 Å². The predicted octanol–water partition coefficient (Wildman–Crippen LogP) is 8.88. The van der Waals surface area contributed by atoms with Crippen molar-refractivity contribution < 1.29 is 51.8 Å². The number of carboxylic acids is 2. The number of thiophene rings is 1. The highest BCUT2D eigenvalue weighted by molar-refractivity contribution is 7.88. The number of anilines is 3. The van der Waals surface area contributed by atoms with E-state index in [-0.39, 0.29) is 75.4 Å². The molecule has 0 radical (unpaired) electrons. The molecule has 12 rings (SSSR count). The summed E-state index contributed by atoms with van der Waals surface area (Å²) in [4.78, 5) is 70.5. The Morgan fingerprint density at radius 3 is 2.49 bits per heavy atom. The molecular formula is C53H53ClN6O11S2. The number of fused-ring (bicyclic) bond motifs is 4. The zero-order chi connectivity index (χ0) is 51.5. The van der Waals surface area contributed by atoms with Crippen molar-refractivity contribution in [2.45, 2.75) is 102 Å². The number of amides is 3. The van der Waals surface area contributed by atoms with Crippen LogP contribution in [0.1, 0.15) is 103 Å². The van der Waals surface area contributed by atoms with Gasteiger partial charge >= 0.3 is 11.9 Å². The second kappa shape index (κ2) is 17.8. The molecule has 2 aromatic heterocycles. The van der Waals surface area contributed by atoms with E-state index in [0.717, 1.165) is 52.6 Å². The zero-order valence-corrected chi connectivity index (χ0v) is 42.8. The van der Waals surface area contributed by atoms with E-state index in [1.807, 2.05) is 50.2 Å². The molecule has 0 spiro atoms. The summed E-state index contributed by atoms with van der Waals surface area (Å²) in [7, 11) is -3.88. The number of imide groups is 1. The minimum Gasteiger partial charge on any atom is -0.479 e. The number of nitrogens with zero attached hydrogens (tertiary/aromatic N) is 4. The van der Waals surface area contributed by atoms with Gasteiger partial charge in [0, 0.05) is 53.8 Å². The number of carboxylic acid groups (broad SMARTS) is 2. The van der Waals surface area contributed by atoms with E-state index in [0.29, 0.717) is 63.9 Å². The maximum atomic E-state index is 14.8. The lowest BCUT2D eigenvalue weighted by Gasteiger charge is -2.64. The number of ether oxygens (including phenoxy) is 1. The fraction of sp³-hybridized carbons (Fsp3) is 0.396. The number of oxazole rings is 1. The quantitative estimate of drug-likeness (QED) is 0.0792. The number of nitrogens with one attached hydrogen (secondary N) is 2. The molecule has 4 aromatic carbocycles. The van der Waals surface area contributed by atoms with Crippen LogP contribution in [0.25, 0.3) is 32.3 Å². The van der Waals surface area contributed by atoms with Gasteiger partial charge in [-0.25, -0.2) is 18.0 Å². The summed E-state index contributed by atoms with van der Waals surface area (Å²) in [6.07, 6.45) is 3.37. The third kappa shape index (κ3) is 8.37. The van der Waals surface area contributed by atoms with E-state index in [1.165, 1.54) is 0 Å². The number of hydrogen-bond acceptors (Lipinski definition) is 13. The Hall–Kier alpha value is -6.54. The molecule has 4 N–H and O–H groups in total. The highest BCUT2D eigenvalue weighted by Gasteiger charge is 2.62. The lowest BCUT2D eigenvalue weighted by atomic mass is 9.57. The van der Waals surface area contributed by atoms with Crippen LogP contribution in [0.5, 0.6) is 5.75 Å². The number of benzene rings is 4. The molecule has 20 heteroatoms. The summed E-state index contributed by atoms with van der Waals surface area (Å²) in [5, 5.41) is 26.9. The van der Waals surface area contributed by atoms with Crippen LogP contribution >= 0.6 is 22.9 Å². The molecule has 73 heavy (non-hydrogen) atoms. The first kappa shape index (κ1) is 48.7. The van der Waals surface area contributed by atoms with Crippen molar-refractivity contribution in [2.24, 2.45) is 11.3 Å². The third-order valence-corrected chi connectivity index (χ3v) is 19.5. The molecular weight excluding hydrogens is 996 g/mol. The first-order valence-corrected chi connectivity index (χ1v) is 27.2. The third-order valence-electron chi connectivity index (χ3n) is 15.8. The minimum absolute atomic E-state index is 0.0114. The molecule has 4 atom stereocenters. The maximum Gasteiger partial charge on any atom is 0.349 e. The van der Waals surface area contributed by atoms with Crippen LogP contribution in [-0.2, 0) is 30.2 Å². The van der Waals surface area contributed by atoms with E-state index in [1.54, 1.807) is 39.5 Å². The molecule has 3 amide bonds. The Morgan fingerprint density at radius 1 is 0.986 bits per heavy atom. The highest BCUT2D eigenvalue weighted by Crippen LogP contribution is 2.56. The lowest BCUT2D eigenvalue weighted by molar-refractivity contribution is -0.139. The molecule has 2 bridgehead atoms. The van der Waals surface area contributed by atoms with Crippen LogP contribution in [0.4, 0.5) is 17.4 Å². The van der Waals surface area contributed by atoms with Crippen LogP contribution in [-0.4, -0.2) is 101 Å². The van der Waals surface area contributed by atoms with Crippen LogP contribution in [0.15, 0.2) is 77.2 Å². The molecule has 6 aliphatic rings. The van der Waals surface area contributed by atoms with Gasteiger partial charge in [-0.1, -0.05) is 61.8 Å².